The molecule has 6 heteroatoms. The first-order chi connectivity index (χ1) is 7.95. The molecule has 0 fully saturated rings. The Morgan fingerprint density at radius 2 is 2.12 bits per heavy atom. The number of methoxy groups -OCH3 is 1. The van der Waals surface area contributed by atoms with Crippen LogP contribution in [0.15, 0.2) is 18.2 Å². The number of nitrogens with one attached hydrogen (secondary N) is 1. The lowest BCUT2D eigenvalue weighted by Gasteiger charge is -2.11. The maximum absolute atomic E-state index is 11.7. The molecule has 0 aliphatic heterocycles. The summed E-state index contributed by atoms with van der Waals surface area (Å²) in [5.41, 5.74) is 5.04. The molecule has 1 rings (SSSR count). The fourth-order valence-corrected chi connectivity index (χ4v) is 1.17. The van der Waals surface area contributed by atoms with E-state index in [1.165, 1.54) is 32.2 Å². The molecular formula is C11H14N2O4. The average Bonchev–Trinajstić information content (AvgIpc) is 2.29. The van der Waals surface area contributed by atoms with Crippen LogP contribution in [-0.4, -0.2) is 30.1 Å². The first kappa shape index (κ1) is 12.8. The Morgan fingerprint density at radius 1 is 1.47 bits per heavy atom. The van der Waals surface area contributed by atoms with Gasteiger partial charge in [0, 0.05) is 0 Å². The lowest BCUT2D eigenvalue weighted by molar-refractivity contribution is -0.119. The molecule has 92 valence electrons. The van der Waals surface area contributed by atoms with Crippen molar-refractivity contribution < 1.29 is 19.4 Å². The van der Waals surface area contributed by atoms with E-state index in [2.05, 4.69) is 5.32 Å². The molecular weight excluding hydrogens is 224 g/mol. The van der Waals surface area contributed by atoms with Gasteiger partial charge in [0.05, 0.1) is 12.7 Å². The van der Waals surface area contributed by atoms with Crippen molar-refractivity contribution in [3.63, 3.8) is 0 Å². The van der Waals surface area contributed by atoms with Gasteiger partial charge in [-0.15, -0.1) is 0 Å². The smallest absolute Gasteiger partial charge is 0.255 e. The monoisotopic (exact) mass is 238 g/mol. The van der Waals surface area contributed by atoms with Crippen molar-refractivity contribution in [2.45, 2.75) is 13.0 Å². The largest absolute Gasteiger partial charge is 0.507 e. The molecule has 2 amide bonds. The standard InChI is InChI=1S/C11H14N2O4/c1-6(10(12)15)13-11(16)8-5-7(17-2)3-4-9(8)14/h3-6,14H,1-2H3,(H2,12,15)(H,13,16). The number of amides is 2. The van der Waals surface area contributed by atoms with Crippen LogP contribution in [0.4, 0.5) is 0 Å². The predicted octanol–water partition coefficient (Wildman–Crippen LogP) is 0.00440. The van der Waals surface area contributed by atoms with Crippen LogP contribution in [0.25, 0.3) is 0 Å². The molecule has 0 bridgehead atoms. The molecule has 4 N–H and O–H groups in total. The summed E-state index contributed by atoms with van der Waals surface area (Å²) in [5.74, 6) is -1.01. The van der Waals surface area contributed by atoms with Crippen LogP contribution >= 0.6 is 0 Å². The Morgan fingerprint density at radius 3 is 2.65 bits per heavy atom. The van der Waals surface area contributed by atoms with Crippen molar-refractivity contribution in [3.05, 3.63) is 23.8 Å². The van der Waals surface area contributed by atoms with Crippen LogP contribution in [-0.2, 0) is 4.79 Å². The summed E-state index contributed by atoms with van der Waals surface area (Å²) < 4.78 is 4.93. The molecule has 0 radical (unpaired) electrons. The Bertz CT molecular complexity index is 445. The number of phenols is 1. The summed E-state index contributed by atoms with van der Waals surface area (Å²) in [5, 5.41) is 11.9. The van der Waals surface area contributed by atoms with Crippen molar-refractivity contribution in [1.29, 1.82) is 0 Å². The number of phenolic OH excluding ortho intramolecular Hbond substituents is 1. The van der Waals surface area contributed by atoms with E-state index in [1.807, 2.05) is 0 Å². The highest BCUT2D eigenvalue weighted by molar-refractivity contribution is 5.99. The summed E-state index contributed by atoms with van der Waals surface area (Å²) >= 11 is 0. The van der Waals surface area contributed by atoms with E-state index in [-0.39, 0.29) is 11.3 Å². The molecule has 0 aliphatic carbocycles. The lowest BCUT2D eigenvalue weighted by Crippen LogP contribution is -2.42. The normalized spacial score (nSPS) is 11.6. The zero-order chi connectivity index (χ0) is 13.0. The van der Waals surface area contributed by atoms with Crippen molar-refractivity contribution in [2.75, 3.05) is 7.11 Å². The van der Waals surface area contributed by atoms with Gasteiger partial charge in [0.1, 0.15) is 17.5 Å². The van der Waals surface area contributed by atoms with E-state index in [0.29, 0.717) is 5.75 Å². The number of carbonyl (C=O) groups excluding carboxylic acids is 2. The van der Waals surface area contributed by atoms with E-state index in [4.69, 9.17) is 10.5 Å². The van der Waals surface area contributed by atoms with Gasteiger partial charge in [0.25, 0.3) is 5.91 Å². The van der Waals surface area contributed by atoms with Crippen molar-refractivity contribution in [3.8, 4) is 11.5 Å². The Kier molecular flexibility index (Phi) is 3.92. The zero-order valence-corrected chi connectivity index (χ0v) is 9.56. The molecule has 17 heavy (non-hydrogen) atoms. The molecule has 0 saturated carbocycles. The summed E-state index contributed by atoms with van der Waals surface area (Å²) in [6, 6.07) is 3.41. The van der Waals surface area contributed by atoms with E-state index >= 15 is 0 Å². The summed E-state index contributed by atoms with van der Waals surface area (Å²) in [6.45, 7) is 1.46. The van der Waals surface area contributed by atoms with Crippen LogP contribution in [0, 0.1) is 0 Å². The number of hydrogen-bond donors (Lipinski definition) is 3. The minimum Gasteiger partial charge on any atom is -0.507 e. The van der Waals surface area contributed by atoms with Gasteiger partial charge >= 0.3 is 0 Å². The molecule has 1 aromatic carbocycles. The Balaban J connectivity index is 2.91. The fourth-order valence-electron chi connectivity index (χ4n) is 1.17. The topological polar surface area (TPSA) is 102 Å². The molecule has 0 heterocycles. The van der Waals surface area contributed by atoms with Crippen LogP contribution in [0.3, 0.4) is 0 Å². The molecule has 0 saturated heterocycles. The van der Waals surface area contributed by atoms with Crippen molar-refractivity contribution in [2.24, 2.45) is 5.73 Å². The highest BCUT2D eigenvalue weighted by atomic mass is 16.5. The molecule has 6 nitrogen and oxygen atoms in total. The predicted molar refractivity (Wildman–Crippen MR) is 60.8 cm³/mol. The van der Waals surface area contributed by atoms with Gasteiger partial charge in [0.2, 0.25) is 5.91 Å². The minimum absolute atomic E-state index is 0.0254. The quantitative estimate of drug-likeness (QED) is 0.687. The van der Waals surface area contributed by atoms with Gasteiger partial charge in [-0.25, -0.2) is 0 Å². The number of nitrogens with two attached hydrogens (primary N) is 1. The SMILES string of the molecule is COc1ccc(O)c(C(=O)NC(C)C(N)=O)c1. The van der Waals surface area contributed by atoms with Gasteiger partial charge in [-0.2, -0.15) is 0 Å². The summed E-state index contributed by atoms with van der Waals surface area (Å²) in [6.07, 6.45) is 0. The lowest BCUT2D eigenvalue weighted by atomic mass is 10.1. The highest BCUT2D eigenvalue weighted by Crippen LogP contribution is 2.22. The molecule has 1 aromatic rings. The number of ether oxygens (including phenoxy) is 1. The number of primary amides is 1. The number of rotatable bonds is 4. The number of hydrogen-bond acceptors (Lipinski definition) is 4. The van der Waals surface area contributed by atoms with Gasteiger partial charge < -0.3 is 20.9 Å². The maximum Gasteiger partial charge on any atom is 0.255 e. The average molecular weight is 238 g/mol. The van der Waals surface area contributed by atoms with Crippen molar-refractivity contribution in [1.82, 2.24) is 5.32 Å². The molecule has 0 aromatic heterocycles. The number of aromatic hydroxyl groups is 1. The first-order valence-corrected chi connectivity index (χ1v) is 4.93. The molecule has 0 aliphatic rings. The van der Waals surface area contributed by atoms with E-state index in [1.54, 1.807) is 0 Å². The van der Waals surface area contributed by atoms with Crippen LogP contribution in [0.5, 0.6) is 11.5 Å². The molecule has 0 spiro atoms. The molecule has 1 unspecified atom stereocenters. The van der Waals surface area contributed by atoms with Gasteiger partial charge in [-0.3, -0.25) is 9.59 Å². The van der Waals surface area contributed by atoms with Crippen LogP contribution in [0.2, 0.25) is 0 Å². The van der Waals surface area contributed by atoms with Crippen LogP contribution in [0.1, 0.15) is 17.3 Å². The zero-order valence-electron chi connectivity index (χ0n) is 9.56. The summed E-state index contributed by atoms with van der Waals surface area (Å²) in [7, 11) is 1.44. The van der Waals surface area contributed by atoms with Gasteiger partial charge in [-0.05, 0) is 25.1 Å². The minimum atomic E-state index is -0.812. The van der Waals surface area contributed by atoms with E-state index in [0.717, 1.165) is 0 Å². The van der Waals surface area contributed by atoms with E-state index < -0.39 is 17.9 Å². The second-order valence-corrected chi connectivity index (χ2v) is 3.48. The third-order valence-electron chi connectivity index (χ3n) is 2.22. The van der Waals surface area contributed by atoms with E-state index in [9.17, 15) is 14.7 Å². The second kappa shape index (κ2) is 5.20. The molecule has 1 atom stereocenters. The first-order valence-electron chi connectivity index (χ1n) is 4.93. The van der Waals surface area contributed by atoms with Gasteiger partial charge in [-0.1, -0.05) is 0 Å². The second-order valence-electron chi connectivity index (χ2n) is 3.48. The van der Waals surface area contributed by atoms with Gasteiger partial charge in [0.15, 0.2) is 0 Å². The third kappa shape index (κ3) is 3.10. The van der Waals surface area contributed by atoms with Crippen molar-refractivity contribution >= 4 is 11.8 Å². The van der Waals surface area contributed by atoms with Crippen LogP contribution < -0.4 is 15.8 Å². The number of benzene rings is 1. The summed E-state index contributed by atoms with van der Waals surface area (Å²) in [4.78, 5) is 22.5. The highest BCUT2D eigenvalue weighted by Gasteiger charge is 2.17. The Labute approximate surface area is 98.4 Å². The third-order valence-corrected chi connectivity index (χ3v) is 2.22. The maximum atomic E-state index is 11.7. The number of carbonyl (C=O) groups is 2. The fraction of sp³-hybridized carbons (Fsp3) is 0.273. The Hall–Kier alpha value is -2.24.